The lowest BCUT2D eigenvalue weighted by molar-refractivity contribution is -0.156. The van der Waals surface area contributed by atoms with Gasteiger partial charge in [-0.25, -0.2) is 0 Å². The Hall–Kier alpha value is -2.90. The normalized spacial score (nSPS) is 18.7. The summed E-state index contributed by atoms with van der Waals surface area (Å²) in [5, 5.41) is 10.4. The van der Waals surface area contributed by atoms with Crippen molar-refractivity contribution < 1.29 is 24.3 Å². The Morgan fingerprint density at radius 1 is 1.07 bits per heavy atom. The van der Waals surface area contributed by atoms with Crippen LogP contribution in [0.4, 0.5) is 0 Å². The maximum Gasteiger partial charge on any atom is 0.324 e. The lowest BCUT2D eigenvalue weighted by atomic mass is 9.71. The molecule has 144 valence electrons. The average Bonchev–Trinajstić information content (AvgIpc) is 2.64. The fraction of sp³-hybridized carbons (Fsp3) is 0.158. The number of benzene rings is 2. The Labute approximate surface area is 169 Å². The van der Waals surface area contributed by atoms with E-state index in [-0.39, 0.29) is 22.7 Å². The number of carbonyl (C=O) groups excluding carboxylic acids is 3. The zero-order valence-electron chi connectivity index (χ0n) is 14.3. The van der Waals surface area contributed by atoms with Gasteiger partial charge in [0.25, 0.3) is 11.8 Å². The number of fused-ring (bicyclic) bond motifs is 1. The van der Waals surface area contributed by atoms with Crippen LogP contribution in [-0.2, 0) is 26.3 Å². The predicted molar refractivity (Wildman–Crippen MR) is 101 cm³/mol. The molecule has 0 saturated heterocycles. The van der Waals surface area contributed by atoms with E-state index in [2.05, 4.69) is 0 Å². The molecule has 0 aromatic heterocycles. The lowest BCUT2D eigenvalue weighted by Gasteiger charge is -2.38. The second kappa shape index (κ2) is 7.26. The number of carboxylic acid groups (broad SMARTS) is 1. The number of nitrogens with zero attached hydrogens (tertiary/aromatic N) is 1. The number of carboxylic acids is 1. The van der Waals surface area contributed by atoms with E-state index < -0.39 is 35.5 Å². The number of aliphatic carboxylic acids is 1. The van der Waals surface area contributed by atoms with Crippen LogP contribution >= 0.6 is 23.2 Å². The van der Waals surface area contributed by atoms with E-state index >= 15 is 0 Å². The Morgan fingerprint density at radius 2 is 1.75 bits per heavy atom. The number of halogens is 2. The SMILES string of the molecule is NC(=O)CC1(C(=O)O)C(=O)N(Cc2ccc(Cl)c(Cl)c2)C(=O)c2ccccc21. The maximum atomic E-state index is 13.2. The second-order valence-corrected chi connectivity index (χ2v) is 7.16. The van der Waals surface area contributed by atoms with Crippen molar-refractivity contribution in [3.8, 4) is 0 Å². The van der Waals surface area contributed by atoms with Crippen LogP contribution in [0.2, 0.25) is 10.0 Å². The van der Waals surface area contributed by atoms with Gasteiger partial charge in [0.15, 0.2) is 5.41 Å². The number of imide groups is 1. The second-order valence-electron chi connectivity index (χ2n) is 6.34. The fourth-order valence-corrected chi connectivity index (χ4v) is 3.62. The Bertz CT molecular complexity index is 1020. The molecule has 0 saturated carbocycles. The van der Waals surface area contributed by atoms with Crippen LogP contribution in [0.5, 0.6) is 0 Å². The zero-order valence-corrected chi connectivity index (χ0v) is 15.8. The van der Waals surface area contributed by atoms with Gasteiger partial charge in [-0.2, -0.15) is 0 Å². The summed E-state index contributed by atoms with van der Waals surface area (Å²) < 4.78 is 0. The number of rotatable bonds is 5. The first-order chi connectivity index (χ1) is 13.2. The molecule has 9 heteroatoms. The van der Waals surface area contributed by atoms with Gasteiger partial charge >= 0.3 is 5.97 Å². The number of hydrogen-bond acceptors (Lipinski definition) is 4. The first kappa shape index (κ1) is 19.9. The van der Waals surface area contributed by atoms with E-state index in [1.54, 1.807) is 12.1 Å². The highest BCUT2D eigenvalue weighted by Crippen LogP contribution is 2.39. The third kappa shape index (κ3) is 3.12. The molecule has 1 aliphatic rings. The van der Waals surface area contributed by atoms with Crippen LogP contribution in [0.15, 0.2) is 42.5 Å². The number of carbonyl (C=O) groups is 4. The van der Waals surface area contributed by atoms with Gasteiger partial charge in [-0.1, -0.05) is 47.5 Å². The molecule has 1 atom stereocenters. The third-order valence-corrected chi connectivity index (χ3v) is 5.34. The summed E-state index contributed by atoms with van der Waals surface area (Å²) in [6.45, 7) is -0.239. The van der Waals surface area contributed by atoms with Gasteiger partial charge < -0.3 is 10.8 Å². The molecule has 1 unspecified atom stereocenters. The molecular formula is C19H14Cl2N2O5. The van der Waals surface area contributed by atoms with Crippen LogP contribution < -0.4 is 5.73 Å². The summed E-state index contributed by atoms with van der Waals surface area (Å²) in [6.07, 6.45) is -0.774. The third-order valence-electron chi connectivity index (χ3n) is 4.60. The van der Waals surface area contributed by atoms with E-state index in [9.17, 15) is 24.3 Å². The molecule has 1 heterocycles. The van der Waals surface area contributed by atoms with Crippen LogP contribution in [0.3, 0.4) is 0 Å². The maximum absolute atomic E-state index is 13.2. The van der Waals surface area contributed by atoms with Gasteiger partial charge in [0, 0.05) is 5.56 Å². The molecule has 28 heavy (non-hydrogen) atoms. The largest absolute Gasteiger partial charge is 0.480 e. The molecule has 3 rings (SSSR count). The number of hydrogen-bond donors (Lipinski definition) is 2. The van der Waals surface area contributed by atoms with Gasteiger partial charge in [-0.05, 0) is 29.3 Å². The van der Waals surface area contributed by atoms with Crippen LogP contribution in [0, 0.1) is 0 Å². The molecule has 1 aliphatic heterocycles. The molecule has 0 spiro atoms. The fourth-order valence-electron chi connectivity index (χ4n) is 3.30. The highest BCUT2D eigenvalue weighted by atomic mass is 35.5. The van der Waals surface area contributed by atoms with Crippen LogP contribution in [-0.4, -0.2) is 33.7 Å². The Balaban J connectivity index is 2.16. The van der Waals surface area contributed by atoms with Crippen molar-refractivity contribution in [3.05, 3.63) is 69.2 Å². The van der Waals surface area contributed by atoms with Gasteiger partial charge in [0.05, 0.1) is 23.0 Å². The molecule has 0 radical (unpaired) electrons. The van der Waals surface area contributed by atoms with E-state index in [0.717, 1.165) is 4.90 Å². The van der Waals surface area contributed by atoms with Crippen LogP contribution in [0.1, 0.15) is 27.9 Å². The molecular weight excluding hydrogens is 407 g/mol. The lowest BCUT2D eigenvalue weighted by Crippen LogP contribution is -2.59. The average molecular weight is 421 g/mol. The van der Waals surface area contributed by atoms with E-state index in [1.807, 2.05) is 0 Å². The first-order valence-electron chi connectivity index (χ1n) is 8.10. The molecule has 3 amide bonds. The van der Waals surface area contributed by atoms with Crippen LogP contribution in [0.25, 0.3) is 0 Å². The first-order valence-corrected chi connectivity index (χ1v) is 8.85. The quantitative estimate of drug-likeness (QED) is 0.568. The van der Waals surface area contributed by atoms with E-state index in [1.165, 1.54) is 30.3 Å². The summed E-state index contributed by atoms with van der Waals surface area (Å²) in [5.41, 5.74) is 3.39. The van der Waals surface area contributed by atoms with Crippen molar-refractivity contribution in [2.75, 3.05) is 0 Å². The standard InChI is InChI=1S/C19H14Cl2N2O5/c20-13-6-5-10(7-14(13)21)9-23-16(25)11-3-1-2-4-12(11)19(17(23)26,18(27)28)8-15(22)24/h1-7H,8-9H2,(H2,22,24)(H,27,28). The van der Waals surface area contributed by atoms with Crippen molar-refractivity contribution >= 4 is 46.9 Å². The molecule has 2 aromatic rings. The van der Waals surface area contributed by atoms with E-state index in [0.29, 0.717) is 10.6 Å². The summed E-state index contributed by atoms with van der Waals surface area (Å²) in [4.78, 5) is 50.7. The van der Waals surface area contributed by atoms with Gasteiger partial charge in [-0.15, -0.1) is 0 Å². The molecule has 0 bridgehead atoms. The zero-order chi connectivity index (χ0) is 20.6. The predicted octanol–water partition coefficient (Wildman–Crippen LogP) is 2.37. The molecule has 2 aromatic carbocycles. The number of primary amides is 1. The Kier molecular flexibility index (Phi) is 5.14. The summed E-state index contributed by atoms with van der Waals surface area (Å²) in [6, 6.07) is 10.3. The number of nitrogens with two attached hydrogens (primary N) is 1. The summed E-state index contributed by atoms with van der Waals surface area (Å²) >= 11 is 11.9. The van der Waals surface area contributed by atoms with Crippen molar-refractivity contribution in [1.82, 2.24) is 4.90 Å². The summed E-state index contributed by atoms with van der Waals surface area (Å²) in [7, 11) is 0. The van der Waals surface area contributed by atoms with E-state index in [4.69, 9.17) is 28.9 Å². The molecule has 0 aliphatic carbocycles. The monoisotopic (exact) mass is 420 g/mol. The minimum Gasteiger partial charge on any atom is -0.480 e. The molecule has 7 nitrogen and oxygen atoms in total. The Morgan fingerprint density at radius 3 is 2.36 bits per heavy atom. The number of amides is 3. The molecule has 0 fully saturated rings. The smallest absolute Gasteiger partial charge is 0.324 e. The summed E-state index contributed by atoms with van der Waals surface area (Å²) in [5.74, 6) is -4.24. The van der Waals surface area contributed by atoms with Crippen molar-refractivity contribution in [2.45, 2.75) is 18.4 Å². The highest BCUT2D eigenvalue weighted by molar-refractivity contribution is 6.42. The molecule has 3 N–H and O–H groups in total. The van der Waals surface area contributed by atoms with Gasteiger partial charge in [0.2, 0.25) is 5.91 Å². The van der Waals surface area contributed by atoms with Gasteiger partial charge in [0.1, 0.15) is 0 Å². The topological polar surface area (TPSA) is 118 Å². The van der Waals surface area contributed by atoms with Gasteiger partial charge in [-0.3, -0.25) is 24.1 Å². The van der Waals surface area contributed by atoms with Crippen molar-refractivity contribution in [1.29, 1.82) is 0 Å². The minimum absolute atomic E-state index is 0.0193. The minimum atomic E-state index is -2.29. The van der Waals surface area contributed by atoms with Crippen molar-refractivity contribution in [2.24, 2.45) is 5.73 Å². The van der Waals surface area contributed by atoms with Crippen molar-refractivity contribution in [3.63, 3.8) is 0 Å². The highest BCUT2D eigenvalue weighted by Gasteiger charge is 2.57.